The summed E-state index contributed by atoms with van der Waals surface area (Å²) in [4.78, 5) is 24.3. The van der Waals surface area contributed by atoms with Gasteiger partial charge in [-0.2, -0.15) is 0 Å². The van der Waals surface area contributed by atoms with Gasteiger partial charge in [-0.15, -0.1) is 0 Å². The number of ether oxygens (including phenoxy) is 1. The summed E-state index contributed by atoms with van der Waals surface area (Å²) in [6.07, 6.45) is 8.03. The van der Waals surface area contributed by atoms with E-state index in [1.54, 1.807) is 12.3 Å². The van der Waals surface area contributed by atoms with E-state index in [9.17, 15) is 14.7 Å². The van der Waals surface area contributed by atoms with Crippen LogP contribution in [-0.4, -0.2) is 22.2 Å². The molecule has 1 aliphatic carbocycles. The SMILES string of the molecule is CC(C)(C)[C@@H]1Cc2c(cc(C3CCC3)c3c2CCCO3)-c2cc(=O)c(C(=O)O)cn21. The van der Waals surface area contributed by atoms with Gasteiger partial charge in [0.05, 0.1) is 12.3 Å². The molecule has 0 amide bonds. The summed E-state index contributed by atoms with van der Waals surface area (Å²) in [5, 5.41) is 9.54. The van der Waals surface area contributed by atoms with Gasteiger partial charge >= 0.3 is 5.97 Å². The van der Waals surface area contributed by atoms with Gasteiger partial charge in [-0.1, -0.05) is 27.2 Å². The molecule has 3 heterocycles. The molecule has 1 aromatic heterocycles. The number of carboxylic acids is 1. The summed E-state index contributed by atoms with van der Waals surface area (Å²) in [5.74, 6) is 0.457. The monoisotopic (exact) mass is 407 g/mol. The van der Waals surface area contributed by atoms with E-state index in [1.807, 2.05) is 4.57 Å². The number of hydrogen-bond acceptors (Lipinski definition) is 3. The molecule has 3 aliphatic rings. The Bertz CT molecular complexity index is 1100. The molecule has 0 unspecified atom stereocenters. The van der Waals surface area contributed by atoms with Crippen molar-refractivity contribution in [2.75, 3.05) is 6.61 Å². The first kappa shape index (κ1) is 19.4. The number of aromatic carboxylic acids is 1. The van der Waals surface area contributed by atoms with Crippen LogP contribution < -0.4 is 10.2 Å². The minimum atomic E-state index is -1.16. The largest absolute Gasteiger partial charge is 0.493 e. The quantitative estimate of drug-likeness (QED) is 0.765. The molecule has 0 bridgehead atoms. The molecule has 0 radical (unpaired) electrons. The molecule has 0 saturated heterocycles. The number of benzene rings is 1. The van der Waals surface area contributed by atoms with E-state index in [4.69, 9.17) is 4.74 Å². The van der Waals surface area contributed by atoms with Crippen LogP contribution in [0.1, 0.15) is 85.5 Å². The highest BCUT2D eigenvalue weighted by Gasteiger charge is 2.37. The Morgan fingerprint density at radius 2 is 1.93 bits per heavy atom. The van der Waals surface area contributed by atoms with Crippen LogP contribution in [-0.2, 0) is 12.8 Å². The molecule has 1 N–H and O–H groups in total. The van der Waals surface area contributed by atoms with Crippen molar-refractivity contribution in [2.24, 2.45) is 5.41 Å². The highest BCUT2D eigenvalue weighted by molar-refractivity contribution is 5.88. The fourth-order valence-corrected chi connectivity index (χ4v) is 5.32. The van der Waals surface area contributed by atoms with Crippen LogP contribution in [0.2, 0.25) is 0 Å². The van der Waals surface area contributed by atoms with Crippen molar-refractivity contribution in [2.45, 2.75) is 71.3 Å². The van der Waals surface area contributed by atoms with Crippen LogP contribution in [0.4, 0.5) is 0 Å². The maximum atomic E-state index is 12.7. The second-order valence-corrected chi connectivity index (χ2v) is 10.1. The maximum absolute atomic E-state index is 12.7. The predicted molar refractivity (Wildman–Crippen MR) is 116 cm³/mol. The lowest BCUT2D eigenvalue weighted by atomic mass is 9.73. The van der Waals surface area contributed by atoms with E-state index in [2.05, 4.69) is 26.8 Å². The average Bonchev–Trinajstić information content (AvgIpc) is 2.65. The van der Waals surface area contributed by atoms with Gasteiger partial charge in [0.1, 0.15) is 11.3 Å². The Labute approximate surface area is 176 Å². The molecule has 1 aromatic carbocycles. The highest BCUT2D eigenvalue weighted by atomic mass is 16.5. The van der Waals surface area contributed by atoms with Crippen molar-refractivity contribution in [3.05, 3.63) is 50.8 Å². The number of hydrogen-bond donors (Lipinski definition) is 1. The van der Waals surface area contributed by atoms with Crippen molar-refractivity contribution >= 4 is 5.97 Å². The molecule has 158 valence electrons. The second-order valence-electron chi connectivity index (χ2n) is 10.1. The lowest BCUT2D eigenvalue weighted by molar-refractivity contribution is 0.0693. The number of carboxylic acid groups (broad SMARTS) is 1. The van der Waals surface area contributed by atoms with Crippen LogP contribution in [0.5, 0.6) is 5.75 Å². The van der Waals surface area contributed by atoms with Gasteiger partial charge < -0.3 is 14.4 Å². The first-order chi connectivity index (χ1) is 14.3. The fourth-order valence-electron chi connectivity index (χ4n) is 5.32. The predicted octanol–water partition coefficient (Wildman–Crippen LogP) is 4.95. The minimum absolute atomic E-state index is 0.0688. The number of fused-ring (bicyclic) bond motifs is 5. The third-order valence-corrected chi connectivity index (χ3v) is 7.21. The van der Waals surface area contributed by atoms with E-state index in [0.29, 0.717) is 5.92 Å². The Morgan fingerprint density at radius 3 is 2.57 bits per heavy atom. The third-order valence-electron chi connectivity index (χ3n) is 7.21. The van der Waals surface area contributed by atoms with Gasteiger partial charge in [0, 0.05) is 23.9 Å². The van der Waals surface area contributed by atoms with E-state index >= 15 is 0 Å². The summed E-state index contributed by atoms with van der Waals surface area (Å²) >= 11 is 0. The topological polar surface area (TPSA) is 68.5 Å². The summed E-state index contributed by atoms with van der Waals surface area (Å²) in [5.41, 5.74) is 5.16. The van der Waals surface area contributed by atoms with Crippen molar-refractivity contribution in [3.63, 3.8) is 0 Å². The molecular weight excluding hydrogens is 378 g/mol. The zero-order chi connectivity index (χ0) is 21.2. The minimum Gasteiger partial charge on any atom is -0.493 e. The zero-order valence-corrected chi connectivity index (χ0v) is 18.0. The van der Waals surface area contributed by atoms with Gasteiger partial charge in [-0.25, -0.2) is 4.79 Å². The van der Waals surface area contributed by atoms with Gasteiger partial charge in [0.15, 0.2) is 5.43 Å². The average molecular weight is 408 g/mol. The van der Waals surface area contributed by atoms with E-state index in [-0.39, 0.29) is 17.0 Å². The summed E-state index contributed by atoms with van der Waals surface area (Å²) in [6.45, 7) is 7.30. The Kier molecular flexibility index (Phi) is 4.35. The Hall–Kier alpha value is -2.56. The van der Waals surface area contributed by atoms with Crippen LogP contribution in [0.3, 0.4) is 0 Å². The molecule has 1 fully saturated rings. The van der Waals surface area contributed by atoms with Crippen molar-refractivity contribution in [3.8, 4) is 17.0 Å². The van der Waals surface area contributed by atoms with E-state index < -0.39 is 11.4 Å². The molecule has 1 atom stereocenters. The molecule has 5 rings (SSSR count). The van der Waals surface area contributed by atoms with E-state index in [1.165, 1.54) is 36.0 Å². The first-order valence-electron chi connectivity index (χ1n) is 11.1. The molecule has 2 aliphatic heterocycles. The summed E-state index contributed by atoms with van der Waals surface area (Å²) < 4.78 is 8.26. The number of rotatable bonds is 2. The standard InChI is InChI=1S/C25H29NO4/c1-25(2,3)22-11-17-15-8-5-9-30-23(15)16(14-6-4-7-14)10-18(17)20-12-21(27)19(24(28)29)13-26(20)22/h10,12-14,22H,4-9,11H2,1-3H3,(H,28,29)/t22-/m0/s1. The molecule has 30 heavy (non-hydrogen) atoms. The Morgan fingerprint density at radius 1 is 1.17 bits per heavy atom. The lowest BCUT2D eigenvalue weighted by Crippen LogP contribution is -2.34. The van der Waals surface area contributed by atoms with Crippen molar-refractivity contribution in [1.82, 2.24) is 4.57 Å². The highest BCUT2D eigenvalue weighted by Crippen LogP contribution is 2.51. The fraction of sp³-hybridized carbons (Fsp3) is 0.520. The first-order valence-corrected chi connectivity index (χ1v) is 11.1. The van der Waals surface area contributed by atoms with Gasteiger partial charge in [-0.3, -0.25) is 4.79 Å². The Balaban J connectivity index is 1.80. The maximum Gasteiger partial charge on any atom is 0.341 e. The molecule has 5 heteroatoms. The van der Waals surface area contributed by atoms with Gasteiger partial charge in [-0.05, 0) is 66.2 Å². The van der Waals surface area contributed by atoms with Gasteiger partial charge in [0.2, 0.25) is 0 Å². The molecule has 5 nitrogen and oxygen atoms in total. The lowest BCUT2D eigenvalue weighted by Gasteiger charge is -2.41. The van der Waals surface area contributed by atoms with Crippen molar-refractivity contribution in [1.29, 1.82) is 0 Å². The van der Waals surface area contributed by atoms with Crippen molar-refractivity contribution < 1.29 is 14.6 Å². The zero-order valence-electron chi connectivity index (χ0n) is 18.0. The van der Waals surface area contributed by atoms with Crippen LogP contribution in [0.25, 0.3) is 11.3 Å². The summed E-state index contributed by atoms with van der Waals surface area (Å²) in [7, 11) is 0. The number of aromatic nitrogens is 1. The smallest absolute Gasteiger partial charge is 0.341 e. The number of nitrogens with zero attached hydrogens (tertiary/aromatic N) is 1. The molecular formula is C25H29NO4. The number of pyridine rings is 1. The molecule has 2 aromatic rings. The van der Waals surface area contributed by atoms with Crippen LogP contribution in [0.15, 0.2) is 23.1 Å². The van der Waals surface area contributed by atoms with E-state index in [0.717, 1.165) is 42.9 Å². The van der Waals surface area contributed by atoms with Crippen LogP contribution in [0, 0.1) is 5.41 Å². The molecule has 1 saturated carbocycles. The molecule has 0 spiro atoms. The normalized spacial score (nSPS) is 20.4. The second kappa shape index (κ2) is 6.73. The van der Waals surface area contributed by atoms with Gasteiger partial charge in [0.25, 0.3) is 0 Å². The number of carbonyl (C=O) groups is 1. The summed E-state index contributed by atoms with van der Waals surface area (Å²) in [6, 6.07) is 3.86. The van der Waals surface area contributed by atoms with Crippen LogP contribution >= 0.6 is 0 Å². The third kappa shape index (κ3) is 2.90.